The third kappa shape index (κ3) is 2.88. The molecule has 100 valence electrons. The maximum absolute atomic E-state index is 12.3. The summed E-state index contributed by atoms with van der Waals surface area (Å²) in [5.74, 6) is 2.20. The molecule has 0 radical (unpaired) electrons. The molecule has 1 saturated carbocycles. The number of carbonyl (C=O) groups is 2. The highest BCUT2D eigenvalue weighted by Gasteiger charge is 2.45. The summed E-state index contributed by atoms with van der Waals surface area (Å²) in [7, 11) is 0. The van der Waals surface area contributed by atoms with Crippen LogP contribution in [-0.2, 0) is 9.59 Å². The summed E-state index contributed by atoms with van der Waals surface area (Å²) in [6.07, 6.45) is 3.97. The van der Waals surface area contributed by atoms with Crippen molar-refractivity contribution in [3.05, 3.63) is 12.7 Å². The molecule has 1 aliphatic heterocycles. The number of hydrogen-bond donors (Lipinski definition) is 1. The molecule has 2 rings (SSSR count). The largest absolute Gasteiger partial charge is 0.342 e. The van der Waals surface area contributed by atoms with Crippen LogP contribution >= 0.6 is 11.8 Å². The predicted molar refractivity (Wildman–Crippen MR) is 73.4 cm³/mol. The van der Waals surface area contributed by atoms with Gasteiger partial charge in [-0.05, 0) is 25.7 Å². The molecule has 1 N–H and O–H groups in total. The van der Waals surface area contributed by atoms with Crippen molar-refractivity contribution in [1.82, 2.24) is 10.2 Å². The van der Waals surface area contributed by atoms with E-state index in [1.165, 1.54) is 0 Å². The fraction of sp³-hybridized carbons (Fsp3) is 0.692. The molecule has 0 aromatic heterocycles. The minimum absolute atomic E-state index is 0.0137. The van der Waals surface area contributed by atoms with Crippen molar-refractivity contribution in [2.45, 2.75) is 31.8 Å². The lowest BCUT2D eigenvalue weighted by atomic mass is 10.0. The minimum atomic E-state index is -0.336. The minimum Gasteiger partial charge on any atom is -0.342 e. The van der Waals surface area contributed by atoms with Crippen LogP contribution in [0, 0.1) is 5.92 Å². The smallest absolute Gasteiger partial charge is 0.246 e. The molecule has 2 amide bonds. The van der Waals surface area contributed by atoms with E-state index in [4.69, 9.17) is 0 Å². The second kappa shape index (κ2) is 5.78. The first-order valence-corrected chi connectivity index (χ1v) is 7.60. The van der Waals surface area contributed by atoms with Crippen molar-refractivity contribution in [3.63, 3.8) is 0 Å². The van der Waals surface area contributed by atoms with E-state index in [0.29, 0.717) is 12.5 Å². The summed E-state index contributed by atoms with van der Waals surface area (Å²) in [5.41, 5.74) is 0. The lowest BCUT2D eigenvalue weighted by Gasteiger charge is -2.37. The fourth-order valence-corrected chi connectivity index (χ4v) is 2.89. The summed E-state index contributed by atoms with van der Waals surface area (Å²) >= 11 is 1.73. The quantitative estimate of drug-likeness (QED) is 0.578. The molecule has 2 fully saturated rings. The van der Waals surface area contributed by atoms with Gasteiger partial charge in [0.05, 0.1) is 0 Å². The SMILES string of the molecule is C=CCSCCN1C(=O)C(C2CC2)NC(=O)C1C. The number of hydrogen-bond acceptors (Lipinski definition) is 3. The molecule has 0 bridgehead atoms. The monoisotopic (exact) mass is 268 g/mol. The molecule has 1 aliphatic carbocycles. The number of thioether (sulfide) groups is 1. The molecule has 2 aliphatic rings. The van der Waals surface area contributed by atoms with Gasteiger partial charge in [0, 0.05) is 18.1 Å². The Morgan fingerprint density at radius 2 is 2.22 bits per heavy atom. The van der Waals surface area contributed by atoms with Crippen LogP contribution in [0.15, 0.2) is 12.7 Å². The molecule has 2 unspecified atom stereocenters. The van der Waals surface area contributed by atoms with Crippen molar-refractivity contribution in [2.75, 3.05) is 18.1 Å². The Hall–Kier alpha value is -0.970. The Balaban J connectivity index is 1.93. The van der Waals surface area contributed by atoms with Gasteiger partial charge in [-0.2, -0.15) is 11.8 Å². The van der Waals surface area contributed by atoms with Crippen molar-refractivity contribution < 1.29 is 9.59 Å². The van der Waals surface area contributed by atoms with Gasteiger partial charge < -0.3 is 10.2 Å². The van der Waals surface area contributed by atoms with Crippen LogP contribution in [0.2, 0.25) is 0 Å². The molecule has 2 atom stereocenters. The number of rotatable bonds is 6. The Labute approximate surface area is 112 Å². The van der Waals surface area contributed by atoms with Crippen LogP contribution in [-0.4, -0.2) is 46.8 Å². The molecule has 18 heavy (non-hydrogen) atoms. The maximum Gasteiger partial charge on any atom is 0.246 e. The number of piperazine rings is 1. The third-order valence-corrected chi connectivity index (χ3v) is 4.44. The topological polar surface area (TPSA) is 49.4 Å². The van der Waals surface area contributed by atoms with E-state index < -0.39 is 0 Å². The van der Waals surface area contributed by atoms with E-state index >= 15 is 0 Å². The number of amides is 2. The molecule has 1 heterocycles. The third-order valence-electron chi connectivity index (χ3n) is 3.50. The fourth-order valence-electron chi connectivity index (χ4n) is 2.23. The zero-order valence-electron chi connectivity index (χ0n) is 10.7. The van der Waals surface area contributed by atoms with E-state index in [0.717, 1.165) is 24.3 Å². The zero-order valence-corrected chi connectivity index (χ0v) is 11.5. The molecular weight excluding hydrogens is 248 g/mol. The number of carbonyl (C=O) groups excluding carboxylic acids is 2. The van der Waals surface area contributed by atoms with E-state index in [9.17, 15) is 9.59 Å². The molecule has 4 nitrogen and oxygen atoms in total. The van der Waals surface area contributed by atoms with E-state index in [-0.39, 0.29) is 23.9 Å². The Bertz CT molecular complexity index is 355. The average Bonchev–Trinajstić information content (AvgIpc) is 3.17. The molecule has 0 aromatic carbocycles. The second-order valence-corrected chi connectivity index (χ2v) is 6.04. The highest BCUT2D eigenvalue weighted by atomic mass is 32.2. The van der Waals surface area contributed by atoms with E-state index in [2.05, 4.69) is 11.9 Å². The normalized spacial score (nSPS) is 28.2. The molecule has 1 saturated heterocycles. The summed E-state index contributed by atoms with van der Waals surface area (Å²) < 4.78 is 0. The van der Waals surface area contributed by atoms with E-state index in [1.807, 2.05) is 6.08 Å². The van der Waals surface area contributed by atoms with Gasteiger partial charge >= 0.3 is 0 Å². The Morgan fingerprint density at radius 1 is 1.50 bits per heavy atom. The zero-order chi connectivity index (χ0) is 13.1. The molecular formula is C13H20N2O2S. The highest BCUT2D eigenvalue weighted by Crippen LogP contribution is 2.35. The molecule has 0 aromatic rings. The van der Waals surface area contributed by atoms with Crippen molar-refractivity contribution in [1.29, 1.82) is 0 Å². The number of nitrogens with zero attached hydrogens (tertiary/aromatic N) is 1. The first-order chi connectivity index (χ1) is 8.65. The van der Waals surface area contributed by atoms with Crippen molar-refractivity contribution in [2.24, 2.45) is 5.92 Å². The lowest BCUT2D eigenvalue weighted by Crippen LogP contribution is -2.63. The first kappa shape index (κ1) is 13.5. The highest BCUT2D eigenvalue weighted by molar-refractivity contribution is 7.99. The average molecular weight is 268 g/mol. The van der Waals surface area contributed by atoms with Crippen LogP contribution < -0.4 is 5.32 Å². The Kier molecular flexibility index (Phi) is 4.32. The molecule has 0 spiro atoms. The van der Waals surface area contributed by atoms with Gasteiger partial charge in [-0.25, -0.2) is 0 Å². The van der Waals surface area contributed by atoms with Crippen LogP contribution in [0.3, 0.4) is 0 Å². The maximum atomic E-state index is 12.3. The van der Waals surface area contributed by atoms with Crippen molar-refractivity contribution >= 4 is 23.6 Å². The van der Waals surface area contributed by atoms with Gasteiger partial charge in [-0.15, -0.1) is 6.58 Å². The summed E-state index contributed by atoms with van der Waals surface area (Å²) in [6, 6.07) is -0.602. The lowest BCUT2D eigenvalue weighted by molar-refractivity contribution is -0.148. The van der Waals surface area contributed by atoms with Crippen molar-refractivity contribution in [3.8, 4) is 0 Å². The van der Waals surface area contributed by atoms with E-state index in [1.54, 1.807) is 23.6 Å². The van der Waals surface area contributed by atoms with Gasteiger partial charge in [-0.3, -0.25) is 9.59 Å². The summed E-state index contributed by atoms with van der Waals surface area (Å²) in [5, 5.41) is 2.86. The summed E-state index contributed by atoms with van der Waals surface area (Å²) in [4.78, 5) is 25.9. The van der Waals surface area contributed by atoms with Crippen LogP contribution in [0.1, 0.15) is 19.8 Å². The second-order valence-electron chi connectivity index (χ2n) is 4.89. The van der Waals surface area contributed by atoms with Gasteiger partial charge in [-0.1, -0.05) is 6.08 Å². The predicted octanol–water partition coefficient (Wildman–Crippen LogP) is 1.03. The van der Waals surface area contributed by atoms with Gasteiger partial charge in [0.2, 0.25) is 11.8 Å². The standard InChI is InChI=1S/C13H20N2O2S/c1-3-7-18-8-6-15-9(2)12(16)14-11(13(15)17)10-4-5-10/h3,9-11H,1,4-8H2,2H3,(H,14,16). The van der Waals surface area contributed by atoms with Gasteiger partial charge in [0.15, 0.2) is 0 Å². The number of nitrogens with one attached hydrogen (secondary N) is 1. The van der Waals surface area contributed by atoms with Gasteiger partial charge in [0.25, 0.3) is 0 Å². The van der Waals surface area contributed by atoms with Gasteiger partial charge in [0.1, 0.15) is 12.1 Å². The molecule has 5 heteroatoms. The Morgan fingerprint density at radius 3 is 2.83 bits per heavy atom. The van der Waals surface area contributed by atoms with Crippen LogP contribution in [0.25, 0.3) is 0 Å². The van der Waals surface area contributed by atoms with Crippen LogP contribution in [0.5, 0.6) is 0 Å². The summed E-state index contributed by atoms with van der Waals surface area (Å²) in [6.45, 7) is 6.11. The van der Waals surface area contributed by atoms with Crippen LogP contribution in [0.4, 0.5) is 0 Å². The first-order valence-electron chi connectivity index (χ1n) is 6.44.